The van der Waals surface area contributed by atoms with E-state index in [1.807, 2.05) is 0 Å². The number of rotatable bonds is 1. The molecule has 2 nitrogen and oxygen atoms in total. The first-order valence-electron chi connectivity index (χ1n) is 2.85. The SMILES string of the molecule is NC(c1cnc(Cl)s1)C(F)(F)F. The Hall–Kier alpha value is -0.330. The molecule has 2 N–H and O–H groups in total. The van der Waals surface area contributed by atoms with E-state index < -0.39 is 12.2 Å². The van der Waals surface area contributed by atoms with Crippen LogP contribution in [0.1, 0.15) is 10.9 Å². The minimum absolute atomic E-state index is 0.0599. The van der Waals surface area contributed by atoms with Crippen LogP contribution in [0, 0.1) is 0 Å². The molecule has 0 aliphatic rings. The van der Waals surface area contributed by atoms with Crippen LogP contribution < -0.4 is 5.73 Å². The maximum Gasteiger partial charge on any atom is 0.408 e. The Bertz CT molecular complexity index is 272. The third-order valence-corrected chi connectivity index (χ3v) is 2.35. The molecule has 0 saturated carbocycles. The first-order chi connectivity index (χ1) is 5.41. The summed E-state index contributed by atoms with van der Waals surface area (Å²) in [5, 5.41) is 0. The van der Waals surface area contributed by atoms with Crippen molar-refractivity contribution in [3.63, 3.8) is 0 Å². The summed E-state index contributed by atoms with van der Waals surface area (Å²) in [6.07, 6.45) is -3.40. The molecule has 12 heavy (non-hydrogen) atoms. The van der Waals surface area contributed by atoms with Crippen LogP contribution in [-0.2, 0) is 0 Å². The van der Waals surface area contributed by atoms with Gasteiger partial charge in [0.05, 0.1) is 4.88 Å². The highest BCUT2D eigenvalue weighted by Crippen LogP contribution is 2.34. The normalized spacial score (nSPS) is 14.8. The van der Waals surface area contributed by atoms with E-state index in [1.54, 1.807) is 0 Å². The molecule has 1 aromatic rings. The van der Waals surface area contributed by atoms with Crippen LogP contribution in [-0.4, -0.2) is 11.2 Å². The molecule has 0 radical (unpaired) electrons. The Balaban J connectivity index is 2.85. The molecule has 1 atom stereocenters. The Morgan fingerprint density at radius 2 is 2.17 bits per heavy atom. The second-order valence-electron chi connectivity index (χ2n) is 2.03. The Morgan fingerprint density at radius 3 is 2.50 bits per heavy atom. The number of thiazole rings is 1. The van der Waals surface area contributed by atoms with Gasteiger partial charge in [0.2, 0.25) is 0 Å². The molecule has 1 aromatic heterocycles. The Labute approximate surface area is 75.2 Å². The average molecular weight is 217 g/mol. The zero-order chi connectivity index (χ0) is 9.35. The zero-order valence-corrected chi connectivity index (χ0v) is 7.17. The van der Waals surface area contributed by atoms with Gasteiger partial charge in [-0.3, -0.25) is 0 Å². The minimum atomic E-state index is -4.43. The van der Waals surface area contributed by atoms with Gasteiger partial charge in [0.1, 0.15) is 6.04 Å². The van der Waals surface area contributed by atoms with Gasteiger partial charge in [-0.25, -0.2) is 4.98 Å². The second-order valence-corrected chi connectivity index (χ2v) is 3.68. The van der Waals surface area contributed by atoms with Gasteiger partial charge in [-0.15, -0.1) is 11.3 Å². The molecule has 0 fully saturated rings. The lowest BCUT2D eigenvalue weighted by molar-refractivity contribution is -0.148. The van der Waals surface area contributed by atoms with Crippen molar-refractivity contribution in [3.05, 3.63) is 15.5 Å². The van der Waals surface area contributed by atoms with Crippen molar-refractivity contribution in [2.45, 2.75) is 12.2 Å². The molecule has 0 aromatic carbocycles. The van der Waals surface area contributed by atoms with E-state index in [-0.39, 0.29) is 9.34 Å². The standard InChI is InChI=1S/C5H4ClF3N2S/c6-4-11-1-2(12-4)3(10)5(7,8)9/h1,3H,10H2. The van der Waals surface area contributed by atoms with Gasteiger partial charge in [0.25, 0.3) is 0 Å². The number of halogens is 4. The van der Waals surface area contributed by atoms with Crippen LogP contribution >= 0.6 is 22.9 Å². The number of hydrogen-bond acceptors (Lipinski definition) is 3. The van der Waals surface area contributed by atoms with Gasteiger partial charge in [-0.05, 0) is 0 Å². The summed E-state index contributed by atoms with van der Waals surface area (Å²) in [5.41, 5.74) is 4.87. The molecule has 0 saturated heterocycles. The molecule has 0 aliphatic carbocycles. The van der Waals surface area contributed by atoms with E-state index in [4.69, 9.17) is 17.3 Å². The minimum Gasteiger partial charge on any atom is -0.316 e. The van der Waals surface area contributed by atoms with Gasteiger partial charge >= 0.3 is 6.18 Å². The fourth-order valence-corrected chi connectivity index (χ4v) is 1.55. The van der Waals surface area contributed by atoms with Crippen LogP contribution in [0.4, 0.5) is 13.2 Å². The number of alkyl halides is 3. The van der Waals surface area contributed by atoms with Gasteiger partial charge in [0.15, 0.2) is 4.47 Å². The van der Waals surface area contributed by atoms with Crippen molar-refractivity contribution in [1.82, 2.24) is 4.98 Å². The lowest BCUT2D eigenvalue weighted by atomic mass is 10.3. The summed E-state index contributed by atoms with van der Waals surface area (Å²) >= 11 is 6.07. The number of hydrogen-bond donors (Lipinski definition) is 1. The molecule has 0 spiro atoms. The first kappa shape index (κ1) is 9.76. The van der Waals surface area contributed by atoms with Gasteiger partial charge in [-0.2, -0.15) is 13.2 Å². The van der Waals surface area contributed by atoms with Crippen molar-refractivity contribution in [1.29, 1.82) is 0 Å². The summed E-state index contributed by atoms with van der Waals surface area (Å²) in [6.45, 7) is 0. The van der Waals surface area contributed by atoms with Crippen molar-refractivity contribution in [2.24, 2.45) is 5.73 Å². The maximum atomic E-state index is 12.0. The lowest BCUT2D eigenvalue weighted by Crippen LogP contribution is -2.27. The highest BCUT2D eigenvalue weighted by Gasteiger charge is 2.38. The van der Waals surface area contributed by atoms with Crippen molar-refractivity contribution < 1.29 is 13.2 Å². The molecule has 1 rings (SSSR count). The van der Waals surface area contributed by atoms with Crippen LogP contribution in [0.5, 0.6) is 0 Å². The topological polar surface area (TPSA) is 38.9 Å². The maximum absolute atomic E-state index is 12.0. The summed E-state index contributed by atoms with van der Waals surface area (Å²) in [6, 6.07) is -1.98. The Morgan fingerprint density at radius 1 is 1.58 bits per heavy atom. The highest BCUT2D eigenvalue weighted by atomic mass is 35.5. The molecule has 68 valence electrons. The summed E-state index contributed by atoms with van der Waals surface area (Å²) in [7, 11) is 0. The van der Waals surface area contributed by atoms with Crippen molar-refractivity contribution >= 4 is 22.9 Å². The second kappa shape index (κ2) is 3.20. The molecule has 0 amide bonds. The largest absolute Gasteiger partial charge is 0.408 e. The summed E-state index contributed by atoms with van der Waals surface area (Å²) in [4.78, 5) is 3.38. The van der Waals surface area contributed by atoms with E-state index in [0.29, 0.717) is 0 Å². The third kappa shape index (κ3) is 2.09. The average Bonchev–Trinajstić information content (AvgIpc) is 2.32. The van der Waals surface area contributed by atoms with Crippen LogP contribution in [0.3, 0.4) is 0 Å². The first-order valence-corrected chi connectivity index (χ1v) is 4.04. The fourth-order valence-electron chi connectivity index (χ4n) is 0.569. The molecular formula is C5H4ClF3N2S. The molecule has 1 unspecified atom stereocenters. The number of aromatic nitrogens is 1. The van der Waals surface area contributed by atoms with Crippen molar-refractivity contribution in [3.8, 4) is 0 Å². The summed E-state index contributed by atoms with van der Waals surface area (Å²) < 4.78 is 35.9. The molecule has 7 heteroatoms. The van der Waals surface area contributed by atoms with Crippen LogP contribution in [0.2, 0.25) is 4.47 Å². The van der Waals surface area contributed by atoms with Gasteiger partial charge < -0.3 is 5.73 Å². The van der Waals surface area contributed by atoms with E-state index in [1.165, 1.54) is 0 Å². The van der Waals surface area contributed by atoms with Gasteiger partial charge in [0, 0.05) is 6.20 Å². The van der Waals surface area contributed by atoms with Crippen LogP contribution in [0.25, 0.3) is 0 Å². The third-order valence-electron chi connectivity index (χ3n) is 1.15. The van der Waals surface area contributed by atoms with Crippen LogP contribution in [0.15, 0.2) is 6.20 Å². The predicted octanol–water partition coefficient (Wildman–Crippen LogP) is 2.36. The summed E-state index contributed by atoms with van der Waals surface area (Å²) in [5.74, 6) is 0. The molecule has 0 bridgehead atoms. The fraction of sp³-hybridized carbons (Fsp3) is 0.400. The predicted molar refractivity (Wildman–Crippen MR) is 40.1 cm³/mol. The lowest BCUT2D eigenvalue weighted by Gasteiger charge is -2.12. The van der Waals surface area contributed by atoms with E-state index in [2.05, 4.69) is 4.98 Å². The quantitative estimate of drug-likeness (QED) is 0.783. The number of nitrogens with two attached hydrogens (primary N) is 1. The Kier molecular flexibility index (Phi) is 2.60. The molecule has 0 aliphatic heterocycles. The molecular weight excluding hydrogens is 213 g/mol. The van der Waals surface area contributed by atoms with E-state index >= 15 is 0 Å². The molecule has 1 heterocycles. The van der Waals surface area contributed by atoms with Gasteiger partial charge in [-0.1, -0.05) is 11.6 Å². The van der Waals surface area contributed by atoms with E-state index in [0.717, 1.165) is 17.5 Å². The highest BCUT2D eigenvalue weighted by molar-refractivity contribution is 7.15. The monoisotopic (exact) mass is 216 g/mol. The van der Waals surface area contributed by atoms with E-state index in [9.17, 15) is 13.2 Å². The zero-order valence-electron chi connectivity index (χ0n) is 5.60. The number of nitrogens with zero attached hydrogens (tertiary/aromatic N) is 1. The smallest absolute Gasteiger partial charge is 0.316 e. The van der Waals surface area contributed by atoms with Crippen molar-refractivity contribution in [2.75, 3.05) is 0 Å².